The lowest BCUT2D eigenvalue weighted by Gasteiger charge is -2.28. The first-order valence-corrected chi connectivity index (χ1v) is 10.7. The molecule has 0 bridgehead atoms. The van der Waals surface area contributed by atoms with Crippen molar-refractivity contribution < 1.29 is 14.8 Å². The number of aromatic nitrogens is 1. The van der Waals surface area contributed by atoms with Gasteiger partial charge in [-0.15, -0.1) is 11.3 Å². The van der Waals surface area contributed by atoms with E-state index in [0.717, 1.165) is 0 Å². The van der Waals surface area contributed by atoms with Gasteiger partial charge in [-0.3, -0.25) is 10.1 Å². The van der Waals surface area contributed by atoms with E-state index < -0.39 is 22.3 Å². The zero-order valence-electron chi connectivity index (χ0n) is 15.7. The van der Waals surface area contributed by atoms with Crippen LogP contribution in [-0.2, 0) is 4.79 Å². The Hall–Kier alpha value is -3.00. The van der Waals surface area contributed by atoms with Gasteiger partial charge in [0.25, 0.3) is 0 Å². The fourth-order valence-electron chi connectivity index (χ4n) is 3.54. The molecule has 9 heteroatoms. The Bertz CT molecular complexity index is 1220. The molecular formula is C22H14Cl2N2O4S. The van der Waals surface area contributed by atoms with Crippen molar-refractivity contribution in [2.75, 3.05) is 0 Å². The van der Waals surface area contributed by atoms with Crippen LogP contribution in [0.3, 0.4) is 0 Å². The van der Waals surface area contributed by atoms with E-state index in [1.807, 2.05) is 0 Å². The van der Waals surface area contributed by atoms with Gasteiger partial charge in [0.15, 0.2) is 0 Å². The summed E-state index contributed by atoms with van der Waals surface area (Å²) in [5.74, 6) is -2.50. The number of carbonyl (C=O) groups is 1. The van der Waals surface area contributed by atoms with E-state index in [0.29, 0.717) is 37.4 Å². The Labute approximate surface area is 191 Å². The van der Waals surface area contributed by atoms with E-state index >= 15 is 0 Å². The van der Waals surface area contributed by atoms with Gasteiger partial charge < -0.3 is 5.11 Å². The number of rotatable bonds is 5. The van der Waals surface area contributed by atoms with Crippen molar-refractivity contribution in [2.45, 2.75) is 11.5 Å². The molecule has 31 heavy (non-hydrogen) atoms. The van der Waals surface area contributed by atoms with E-state index in [9.17, 15) is 20.0 Å². The molecule has 0 fully saturated rings. The van der Waals surface area contributed by atoms with Gasteiger partial charge in [0.2, 0.25) is 0 Å². The highest BCUT2D eigenvalue weighted by molar-refractivity contribution is 7.11. The number of hydrogen-bond acceptors (Lipinski definition) is 5. The van der Waals surface area contributed by atoms with Crippen LogP contribution in [0.4, 0.5) is 0 Å². The van der Waals surface area contributed by atoms with Crippen molar-refractivity contribution in [2.24, 2.45) is 0 Å². The van der Waals surface area contributed by atoms with Gasteiger partial charge in [0, 0.05) is 32.5 Å². The molecule has 156 valence electrons. The molecule has 0 aliphatic heterocycles. The molecule has 1 aromatic heterocycles. The van der Waals surface area contributed by atoms with Gasteiger partial charge in [0.1, 0.15) is 5.01 Å². The molecule has 1 aliphatic rings. The molecule has 1 heterocycles. The maximum absolute atomic E-state index is 12.2. The van der Waals surface area contributed by atoms with Crippen molar-refractivity contribution in [3.63, 3.8) is 0 Å². The summed E-state index contributed by atoms with van der Waals surface area (Å²) < 4.78 is 0. The Balaban J connectivity index is 1.80. The van der Waals surface area contributed by atoms with E-state index in [4.69, 9.17) is 23.2 Å². The highest BCUT2D eigenvalue weighted by atomic mass is 35.5. The van der Waals surface area contributed by atoms with Crippen molar-refractivity contribution in [1.29, 1.82) is 0 Å². The number of aliphatic carboxylic acids is 1. The predicted octanol–water partition coefficient (Wildman–Crippen LogP) is 5.95. The standard InChI is InChI=1S/C22H14Cl2N2O4S/c23-15-7-9-18(24)16(10-15)19-12-31-20(25-19)14-6-8-17(13-4-2-1-3-5-13)22(11-14,21(27)28)26(29)30/h1-12,17H,(H,27,28). The minimum absolute atomic E-state index is 0.362. The summed E-state index contributed by atoms with van der Waals surface area (Å²) >= 11 is 13.5. The van der Waals surface area contributed by atoms with Crippen molar-refractivity contribution in [1.82, 2.24) is 4.98 Å². The largest absolute Gasteiger partial charge is 0.476 e. The summed E-state index contributed by atoms with van der Waals surface area (Å²) in [5, 5.41) is 25.2. The minimum atomic E-state index is -2.36. The summed E-state index contributed by atoms with van der Waals surface area (Å²) in [4.78, 5) is 28.1. The maximum atomic E-state index is 12.2. The molecule has 6 nitrogen and oxygen atoms in total. The lowest BCUT2D eigenvalue weighted by Crippen LogP contribution is -2.50. The zero-order chi connectivity index (χ0) is 22.2. The van der Waals surface area contributed by atoms with E-state index in [2.05, 4.69) is 4.98 Å². The molecule has 2 unspecified atom stereocenters. The average molecular weight is 473 g/mol. The number of halogens is 2. The van der Waals surface area contributed by atoms with Crippen LogP contribution in [0.25, 0.3) is 16.8 Å². The van der Waals surface area contributed by atoms with Crippen molar-refractivity contribution >= 4 is 46.1 Å². The van der Waals surface area contributed by atoms with Crippen LogP contribution >= 0.6 is 34.5 Å². The van der Waals surface area contributed by atoms with Gasteiger partial charge in [0.05, 0.1) is 16.6 Å². The highest BCUT2D eigenvalue weighted by Gasteiger charge is 2.57. The minimum Gasteiger partial charge on any atom is -0.476 e. The van der Waals surface area contributed by atoms with Crippen LogP contribution in [0, 0.1) is 10.1 Å². The molecule has 0 saturated carbocycles. The fourth-order valence-corrected chi connectivity index (χ4v) is 4.75. The smallest absolute Gasteiger partial charge is 0.387 e. The monoisotopic (exact) mass is 472 g/mol. The van der Waals surface area contributed by atoms with Crippen LogP contribution in [0.5, 0.6) is 0 Å². The average Bonchev–Trinajstić information content (AvgIpc) is 3.25. The number of allylic oxidation sites excluding steroid dienone is 2. The second kappa shape index (κ2) is 8.26. The third-order valence-electron chi connectivity index (χ3n) is 5.08. The molecule has 0 spiro atoms. The highest BCUT2D eigenvalue weighted by Crippen LogP contribution is 2.42. The molecule has 1 N–H and O–H groups in total. The molecule has 0 radical (unpaired) electrons. The Kier molecular flexibility index (Phi) is 5.66. The predicted molar refractivity (Wildman–Crippen MR) is 121 cm³/mol. The maximum Gasteiger partial charge on any atom is 0.387 e. The molecule has 1 aliphatic carbocycles. The third kappa shape index (κ3) is 3.76. The zero-order valence-corrected chi connectivity index (χ0v) is 18.1. The van der Waals surface area contributed by atoms with Crippen LogP contribution in [0.15, 0.2) is 72.1 Å². The molecule has 0 amide bonds. The number of benzene rings is 2. The van der Waals surface area contributed by atoms with Crippen LogP contribution in [0.2, 0.25) is 10.0 Å². The normalized spacial score (nSPS) is 20.3. The van der Waals surface area contributed by atoms with Gasteiger partial charge in [-0.05, 0) is 23.8 Å². The second-order valence-corrected chi connectivity index (χ2v) is 8.60. The fraction of sp³-hybridized carbons (Fsp3) is 0.0909. The molecule has 3 aromatic rings. The first-order valence-electron chi connectivity index (χ1n) is 9.08. The lowest BCUT2D eigenvalue weighted by atomic mass is 9.75. The number of thiazole rings is 1. The van der Waals surface area contributed by atoms with Crippen LogP contribution < -0.4 is 0 Å². The van der Waals surface area contributed by atoms with Crippen LogP contribution in [-0.4, -0.2) is 26.5 Å². The number of nitrogens with zero attached hydrogens (tertiary/aromatic N) is 2. The van der Waals surface area contributed by atoms with Crippen LogP contribution in [0.1, 0.15) is 16.5 Å². The number of carboxylic acid groups (broad SMARTS) is 1. The van der Waals surface area contributed by atoms with E-state index in [1.54, 1.807) is 66.1 Å². The van der Waals surface area contributed by atoms with Gasteiger partial charge in [-0.25, -0.2) is 9.78 Å². The van der Waals surface area contributed by atoms with Crippen molar-refractivity contribution in [3.8, 4) is 11.3 Å². The number of nitro groups is 1. The molecule has 4 rings (SSSR count). The first kappa shape index (κ1) is 21.2. The summed E-state index contributed by atoms with van der Waals surface area (Å²) in [6.07, 6.45) is 4.40. The van der Waals surface area contributed by atoms with Gasteiger partial charge in [-0.1, -0.05) is 65.7 Å². The third-order valence-corrected chi connectivity index (χ3v) is 6.53. The molecule has 0 saturated heterocycles. The SMILES string of the molecule is O=C(O)C1([N+](=O)[O-])C=C(c2nc(-c3cc(Cl)ccc3Cl)cs2)C=CC1c1ccccc1. The number of hydrogen-bond donors (Lipinski definition) is 1. The van der Waals surface area contributed by atoms with E-state index in [1.165, 1.54) is 17.4 Å². The Morgan fingerprint density at radius 1 is 1.19 bits per heavy atom. The molecule has 2 atom stereocenters. The van der Waals surface area contributed by atoms with Gasteiger partial charge in [-0.2, -0.15) is 0 Å². The number of carboxylic acids is 1. The Morgan fingerprint density at radius 2 is 1.94 bits per heavy atom. The summed E-state index contributed by atoms with van der Waals surface area (Å²) in [7, 11) is 0. The van der Waals surface area contributed by atoms with E-state index in [-0.39, 0.29) is 0 Å². The topological polar surface area (TPSA) is 93.3 Å². The Morgan fingerprint density at radius 3 is 2.61 bits per heavy atom. The first-order chi connectivity index (χ1) is 14.8. The van der Waals surface area contributed by atoms with Crippen molar-refractivity contribution in [3.05, 3.63) is 103 Å². The molecular weight excluding hydrogens is 459 g/mol. The van der Waals surface area contributed by atoms with Gasteiger partial charge >= 0.3 is 11.5 Å². The molecule has 2 aromatic carbocycles. The summed E-state index contributed by atoms with van der Waals surface area (Å²) in [5.41, 5.74) is -0.281. The summed E-state index contributed by atoms with van der Waals surface area (Å²) in [6.45, 7) is 0. The quantitative estimate of drug-likeness (QED) is 0.365. The second-order valence-electron chi connectivity index (χ2n) is 6.90. The lowest BCUT2D eigenvalue weighted by molar-refractivity contribution is -0.543. The summed E-state index contributed by atoms with van der Waals surface area (Å²) in [6, 6.07) is 13.6.